The third-order valence-corrected chi connectivity index (χ3v) is 2.57. The normalized spacial score (nSPS) is 15.5. The van der Waals surface area contributed by atoms with Crippen LogP contribution in [0.5, 0.6) is 0 Å². The molecule has 0 aliphatic rings. The third kappa shape index (κ3) is 2.56. The highest BCUT2D eigenvalue weighted by Gasteiger charge is 2.15. The molecule has 0 aromatic carbocycles. The van der Waals surface area contributed by atoms with Gasteiger partial charge in [0.2, 0.25) is 0 Å². The average Bonchev–Trinajstić information content (AvgIpc) is 2.03. The predicted molar refractivity (Wildman–Crippen MR) is 56.3 cm³/mol. The predicted octanol–water partition coefficient (Wildman–Crippen LogP) is 2.84. The summed E-state index contributed by atoms with van der Waals surface area (Å²) in [5.74, 6) is 0.143. The standard InChI is InChI=1S/C9H12Cl2N2/c1-5(6(2)12)9-8(11)3-7(10)4-13-9/h3-6H,12H2,1-2H3/t5-,6-/m1/s1. The van der Waals surface area contributed by atoms with Crippen LogP contribution in [-0.2, 0) is 0 Å². The van der Waals surface area contributed by atoms with Crippen molar-refractivity contribution < 1.29 is 0 Å². The Kier molecular flexibility index (Phi) is 3.54. The fourth-order valence-electron chi connectivity index (χ4n) is 1.01. The van der Waals surface area contributed by atoms with Crippen molar-refractivity contribution in [3.63, 3.8) is 0 Å². The van der Waals surface area contributed by atoms with Crippen LogP contribution >= 0.6 is 23.2 Å². The van der Waals surface area contributed by atoms with Gasteiger partial charge in [-0.25, -0.2) is 0 Å². The Morgan fingerprint density at radius 3 is 2.46 bits per heavy atom. The second-order valence-electron chi connectivity index (χ2n) is 3.17. The highest BCUT2D eigenvalue weighted by molar-refractivity contribution is 6.34. The Bertz CT molecular complexity index is 300. The lowest BCUT2D eigenvalue weighted by Gasteiger charge is -2.15. The zero-order valence-corrected chi connectivity index (χ0v) is 9.10. The largest absolute Gasteiger partial charge is 0.327 e. The van der Waals surface area contributed by atoms with E-state index < -0.39 is 0 Å². The van der Waals surface area contributed by atoms with Crippen LogP contribution in [0.25, 0.3) is 0 Å². The van der Waals surface area contributed by atoms with Crippen molar-refractivity contribution in [1.29, 1.82) is 0 Å². The molecule has 1 rings (SSSR count). The molecular weight excluding hydrogens is 207 g/mol. The summed E-state index contributed by atoms with van der Waals surface area (Å²) in [5, 5.41) is 1.13. The first-order chi connectivity index (χ1) is 6.02. The fraction of sp³-hybridized carbons (Fsp3) is 0.444. The fourth-order valence-corrected chi connectivity index (χ4v) is 1.56. The van der Waals surface area contributed by atoms with Crippen molar-refractivity contribution in [3.05, 3.63) is 28.0 Å². The van der Waals surface area contributed by atoms with Gasteiger partial charge in [-0.1, -0.05) is 30.1 Å². The molecule has 0 saturated carbocycles. The molecule has 1 heterocycles. The van der Waals surface area contributed by atoms with Crippen LogP contribution in [0.2, 0.25) is 10.0 Å². The summed E-state index contributed by atoms with van der Waals surface area (Å²) in [6, 6.07) is 1.72. The molecule has 1 aromatic rings. The second-order valence-corrected chi connectivity index (χ2v) is 4.01. The molecule has 0 bridgehead atoms. The SMILES string of the molecule is C[C@@H](N)[C@@H](C)c1ncc(Cl)cc1Cl. The number of hydrogen-bond donors (Lipinski definition) is 1. The van der Waals surface area contributed by atoms with Crippen molar-refractivity contribution in [2.75, 3.05) is 0 Å². The number of rotatable bonds is 2. The summed E-state index contributed by atoms with van der Waals surface area (Å²) in [7, 11) is 0. The topological polar surface area (TPSA) is 38.9 Å². The van der Waals surface area contributed by atoms with E-state index in [-0.39, 0.29) is 12.0 Å². The summed E-state index contributed by atoms with van der Waals surface area (Å²) < 4.78 is 0. The van der Waals surface area contributed by atoms with Gasteiger partial charge in [0, 0.05) is 18.2 Å². The maximum absolute atomic E-state index is 5.97. The van der Waals surface area contributed by atoms with Gasteiger partial charge in [-0.05, 0) is 13.0 Å². The lowest BCUT2D eigenvalue weighted by molar-refractivity contribution is 0.598. The molecule has 0 unspecified atom stereocenters. The first-order valence-corrected chi connectivity index (χ1v) is 4.84. The summed E-state index contributed by atoms with van der Waals surface area (Å²) in [4.78, 5) is 4.16. The Morgan fingerprint density at radius 1 is 1.38 bits per heavy atom. The zero-order chi connectivity index (χ0) is 10.0. The highest BCUT2D eigenvalue weighted by atomic mass is 35.5. The number of aromatic nitrogens is 1. The molecule has 0 aliphatic heterocycles. The molecule has 0 radical (unpaired) electrons. The molecule has 2 nitrogen and oxygen atoms in total. The van der Waals surface area contributed by atoms with E-state index in [1.54, 1.807) is 12.3 Å². The molecule has 72 valence electrons. The minimum Gasteiger partial charge on any atom is -0.327 e. The van der Waals surface area contributed by atoms with E-state index in [4.69, 9.17) is 28.9 Å². The maximum Gasteiger partial charge on any atom is 0.0639 e. The van der Waals surface area contributed by atoms with Crippen LogP contribution in [0.4, 0.5) is 0 Å². The summed E-state index contributed by atoms with van der Waals surface area (Å²) in [6.07, 6.45) is 1.58. The van der Waals surface area contributed by atoms with Gasteiger partial charge < -0.3 is 5.73 Å². The van der Waals surface area contributed by atoms with Gasteiger partial charge in [-0.3, -0.25) is 4.98 Å². The molecule has 1 aromatic heterocycles. The number of hydrogen-bond acceptors (Lipinski definition) is 2. The van der Waals surface area contributed by atoms with Crippen LogP contribution in [0, 0.1) is 0 Å². The first kappa shape index (κ1) is 10.8. The van der Waals surface area contributed by atoms with E-state index in [2.05, 4.69) is 4.98 Å². The lowest BCUT2D eigenvalue weighted by Crippen LogP contribution is -2.23. The first-order valence-electron chi connectivity index (χ1n) is 4.09. The molecular formula is C9H12Cl2N2. The maximum atomic E-state index is 5.97. The Morgan fingerprint density at radius 2 is 2.00 bits per heavy atom. The molecule has 0 fully saturated rings. The minimum atomic E-state index is 0.0335. The van der Waals surface area contributed by atoms with Crippen molar-refractivity contribution in [2.24, 2.45) is 5.73 Å². The molecule has 0 spiro atoms. The number of halogens is 2. The van der Waals surface area contributed by atoms with E-state index in [1.165, 1.54) is 0 Å². The monoisotopic (exact) mass is 218 g/mol. The van der Waals surface area contributed by atoms with Gasteiger partial charge in [-0.2, -0.15) is 0 Å². The van der Waals surface area contributed by atoms with Crippen molar-refractivity contribution >= 4 is 23.2 Å². The molecule has 0 saturated heterocycles. The van der Waals surface area contributed by atoms with Crippen molar-refractivity contribution in [2.45, 2.75) is 25.8 Å². The van der Waals surface area contributed by atoms with E-state index in [1.807, 2.05) is 13.8 Å². The zero-order valence-electron chi connectivity index (χ0n) is 7.59. The molecule has 0 amide bonds. The van der Waals surface area contributed by atoms with Crippen LogP contribution < -0.4 is 5.73 Å². The molecule has 2 atom stereocenters. The quantitative estimate of drug-likeness (QED) is 0.830. The number of pyridine rings is 1. The van der Waals surface area contributed by atoms with Gasteiger partial charge in [0.1, 0.15) is 0 Å². The molecule has 4 heteroatoms. The lowest BCUT2D eigenvalue weighted by atomic mass is 10.00. The van der Waals surface area contributed by atoms with E-state index in [9.17, 15) is 0 Å². The molecule has 0 aliphatic carbocycles. The van der Waals surface area contributed by atoms with Gasteiger partial charge in [0.05, 0.1) is 15.7 Å². The third-order valence-electron chi connectivity index (χ3n) is 2.06. The van der Waals surface area contributed by atoms with Crippen LogP contribution in [0.1, 0.15) is 25.5 Å². The van der Waals surface area contributed by atoms with Gasteiger partial charge >= 0.3 is 0 Å². The van der Waals surface area contributed by atoms with Crippen LogP contribution in [0.15, 0.2) is 12.3 Å². The van der Waals surface area contributed by atoms with Gasteiger partial charge in [0.15, 0.2) is 0 Å². The summed E-state index contributed by atoms with van der Waals surface area (Å²) >= 11 is 11.7. The number of nitrogens with zero attached hydrogens (tertiary/aromatic N) is 1. The van der Waals surface area contributed by atoms with Crippen LogP contribution in [-0.4, -0.2) is 11.0 Å². The van der Waals surface area contributed by atoms with Crippen molar-refractivity contribution in [3.8, 4) is 0 Å². The number of nitrogens with two attached hydrogens (primary N) is 1. The van der Waals surface area contributed by atoms with E-state index in [0.29, 0.717) is 10.0 Å². The molecule has 13 heavy (non-hydrogen) atoms. The molecule has 2 N–H and O–H groups in total. The van der Waals surface area contributed by atoms with E-state index in [0.717, 1.165) is 5.69 Å². The minimum absolute atomic E-state index is 0.0335. The summed E-state index contributed by atoms with van der Waals surface area (Å²) in [6.45, 7) is 3.92. The van der Waals surface area contributed by atoms with Crippen LogP contribution in [0.3, 0.4) is 0 Å². The Hall–Kier alpha value is -0.310. The smallest absolute Gasteiger partial charge is 0.0639 e. The summed E-state index contributed by atoms with van der Waals surface area (Å²) in [5.41, 5.74) is 6.55. The van der Waals surface area contributed by atoms with Gasteiger partial charge in [0.25, 0.3) is 0 Å². The van der Waals surface area contributed by atoms with E-state index >= 15 is 0 Å². The highest BCUT2D eigenvalue weighted by Crippen LogP contribution is 2.26. The average molecular weight is 219 g/mol. The Labute approximate surface area is 88.1 Å². The van der Waals surface area contributed by atoms with Gasteiger partial charge in [-0.15, -0.1) is 0 Å². The Balaban J connectivity index is 3.01. The van der Waals surface area contributed by atoms with Crippen molar-refractivity contribution in [1.82, 2.24) is 4.98 Å². The second kappa shape index (κ2) is 4.27.